The van der Waals surface area contributed by atoms with E-state index in [4.69, 9.17) is 0 Å². The van der Waals surface area contributed by atoms with Crippen molar-refractivity contribution in [3.63, 3.8) is 0 Å². The Morgan fingerprint density at radius 3 is 1.54 bits per heavy atom. The summed E-state index contributed by atoms with van der Waals surface area (Å²) in [7, 11) is 2.10. The molecule has 1 N–H and O–H groups in total. The number of aryl methyl sites for hydroxylation is 2. The molecule has 1 aliphatic heterocycles. The summed E-state index contributed by atoms with van der Waals surface area (Å²) >= 11 is 0. The molecular weight excluding hydrogens is 294 g/mol. The van der Waals surface area contributed by atoms with Crippen molar-refractivity contribution >= 4 is 12.2 Å². The predicted molar refractivity (Wildman–Crippen MR) is 102 cm³/mol. The maximum absolute atomic E-state index is 10.8. The lowest BCUT2D eigenvalue weighted by Crippen LogP contribution is -2.37. The fourth-order valence-corrected chi connectivity index (χ4v) is 3.09. The van der Waals surface area contributed by atoms with Crippen LogP contribution in [-0.2, 0) is 0 Å². The van der Waals surface area contributed by atoms with Gasteiger partial charge in [0.05, 0.1) is 6.10 Å². The molecule has 1 saturated heterocycles. The van der Waals surface area contributed by atoms with Crippen LogP contribution in [0.5, 0.6) is 0 Å². The van der Waals surface area contributed by atoms with Crippen LogP contribution in [0.2, 0.25) is 0 Å². The van der Waals surface area contributed by atoms with Crippen molar-refractivity contribution in [2.75, 3.05) is 20.1 Å². The average molecular weight is 319 g/mol. The molecule has 2 heteroatoms. The largest absolute Gasteiger partial charge is 0.384 e. The third-order valence-electron chi connectivity index (χ3n) is 4.47. The normalized spacial score (nSPS) is 20.0. The van der Waals surface area contributed by atoms with Crippen LogP contribution in [0.3, 0.4) is 0 Å². The summed E-state index contributed by atoms with van der Waals surface area (Å²) in [4.78, 5) is 2.24. The Kier molecular flexibility index (Phi) is 4.98. The molecule has 2 nitrogen and oxygen atoms in total. The van der Waals surface area contributed by atoms with E-state index in [-0.39, 0.29) is 0 Å². The Morgan fingerprint density at radius 2 is 1.17 bits per heavy atom. The first kappa shape index (κ1) is 16.7. The summed E-state index contributed by atoms with van der Waals surface area (Å²) < 4.78 is 0. The van der Waals surface area contributed by atoms with Gasteiger partial charge in [-0.05, 0) is 43.2 Å². The molecule has 0 unspecified atom stereocenters. The predicted octanol–water partition coefficient (Wildman–Crippen LogP) is 4.08. The van der Waals surface area contributed by atoms with Gasteiger partial charge in [-0.15, -0.1) is 0 Å². The van der Waals surface area contributed by atoms with Gasteiger partial charge in [-0.2, -0.15) is 0 Å². The zero-order chi connectivity index (χ0) is 17.1. The summed E-state index contributed by atoms with van der Waals surface area (Å²) in [6, 6.07) is 16.8. The minimum Gasteiger partial charge on any atom is -0.384 e. The number of benzene rings is 2. The lowest BCUT2D eigenvalue weighted by Gasteiger charge is -2.31. The first-order chi connectivity index (χ1) is 11.5. The van der Waals surface area contributed by atoms with E-state index < -0.39 is 6.10 Å². The third kappa shape index (κ3) is 4.02. The molecule has 124 valence electrons. The SMILES string of the molecule is Cc1ccc(/C=C2\CN(C)C/C(=C\c3ccc(C)cc3)C2O)cc1. The van der Waals surface area contributed by atoms with E-state index in [1.54, 1.807) is 0 Å². The molecular formula is C22H25NO. The number of aliphatic hydroxyl groups excluding tert-OH is 1. The third-order valence-corrected chi connectivity index (χ3v) is 4.47. The number of hydrogen-bond acceptors (Lipinski definition) is 2. The molecule has 3 rings (SSSR count). The van der Waals surface area contributed by atoms with Crippen LogP contribution in [0, 0.1) is 13.8 Å². The van der Waals surface area contributed by atoms with E-state index in [1.807, 2.05) is 0 Å². The lowest BCUT2D eigenvalue weighted by molar-refractivity contribution is 0.198. The van der Waals surface area contributed by atoms with Gasteiger partial charge in [-0.1, -0.05) is 71.8 Å². The van der Waals surface area contributed by atoms with Crippen molar-refractivity contribution in [2.24, 2.45) is 0 Å². The molecule has 0 atom stereocenters. The standard InChI is InChI=1S/C22H25NO/c1-16-4-8-18(9-5-16)12-20-14-23(3)15-21(22(20)24)13-19-10-6-17(2)7-11-19/h4-13,22,24H,14-15H2,1-3H3/b20-12+,21-13+. The summed E-state index contributed by atoms with van der Waals surface area (Å²) in [6.07, 6.45) is 3.72. The van der Waals surface area contributed by atoms with Crippen molar-refractivity contribution < 1.29 is 5.11 Å². The van der Waals surface area contributed by atoms with Gasteiger partial charge in [0.2, 0.25) is 0 Å². The van der Waals surface area contributed by atoms with E-state index in [2.05, 4.69) is 86.5 Å². The second kappa shape index (κ2) is 7.16. The summed E-state index contributed by atoms with van der Waals surface area (Å²) in [5, 5.41) is 10.8. The summed E-state index contributed by atoms with van der Waals surface area (Å²) in [5.74, 6) is 0. The first-order valence-electron chi connectivity index (χ1n) is 8.42. The molecule has 0 saturated carbocycles. The second-order valence-electron chi connectivity index (χ2n) is 6.83. The van der Waals surface area contributed by atoms with E-state index in [1.165, 1.54) is 11.1 Å². The van der Waals surface area contributed by atoms with E-state index in [9.17, 15) is 5.11 Å². The highest BCUT2D eigenvalue weighted by Gasteiger charge is 2.24. The number of piperidine rings is 1. The summed E-state index contributed by atoms with van der Waals surface area (Å²) in [5.41, 5.74) is 6.87. The molecule has 0 spiro atoms. The van der Waals surface area contributed by atoms with Gasteiger partial charge in [0.1, 0.15) is 0 Å². The van der Waals surface area contributed by atoms with Crippen LogP contribution in [-0.4, -0.2) is 36.2 Å². The van der Waals surface area contributed by atoms with Crippen LogP contribution >= 0.6 is 0 Å². The van der Waals surface area contributed by atoms with Crippen LogP contribution in [0.15, 0.2) is 59.7 Å². The highest BCUT2D eigenvalue weighted by atomic mass is 16.3. The molecule has 1 fully saturated rings. The molecule has 0 radical (unpaired) electrons. The number of hydrogen-bond donors (Lipinski definition) is 1. The molecule has 0 bridgehead atoms. The lowest BCUT2D eigenvalue weighted by atomic mass is 9.93. The van der Waals surface area contributed by atoms with Gasteiger partial charge in [-0.25, -0.2) is 0 Å². The molecule has 2 aromatic rings. The van der Waals surface area contributed by atoms with Crippen LogP contribution < -0.4 is 0 Å². The van der Waals surface area contributed by atoms with Gasteiger partial charge in [0.15, 0.2) is 0 Å². The summed E-state index contributed by atoms with van der Waals surface area (Å²) in [6.45, 7) is 5.76. The molecule has 0 amide bonds. The maximum atomic E-state index is 10.8. The highest BCUT2D eigenvalue weighted by Crippen LogP contribution is 2.25. The Labute approximate surface area is 144 Å². The Bertz CT molecular complexity index is 688. The number of likely N-dealkylation sites (tertiary alicyclic amines) is 1. The van der Waals surface area contributed by atoms with Gasteiger partial charge in [0, 0.05) is 13.1 Å². The first-order valence-corrected chi connectivity index (χ1v) is 8.42. The van der Waals surface area contributed by atoms with Gasteiger partial charge in [0.25, 0.3) is 0 Å². The van der Waals surface area contributed by atoms with E-state index in [0.717, 1.165) is 35.4 Å². The second-order valence-corrected chi connectivity index (χ2v) is 6.83. The molecule has 1 aliphatic rings. The molecule has 0 aliphatic carbocycles. The van der Waals surface area contributed by atoms with Gasteiger partial charge < -0.3 is 5.11 Å². The Balaban J connectivity index is 1.89. The topological polar surface area (TPSA) is 23.5 Å². The van der Waals surface area contributed by atoms with Crippen molar-refractivity contribution in [3.05, 3.63) is 81.9 Å². The number of nitrogens with zero attached hydrogens (tertiary/aromatic N) is 1. The zero-order valence-corrected chi connectivity index (χ0v) is 14.7. The van der Waals surface area contributed by atoms with Crippen molar-refractivity contribution in [3.8, 4) is 0 Å². The molecule has 0 aromatic heterocycles. The average Bonchev–Trinajstić information content (AvgIpc) is 2.56. The molecule has 2 aromatic carbocycles. The fraction of sp³-hybridized carbons (Fsp3) is 0.273. The van der Waals surface area contributed by atoms with E-state index in [0.29, 0.717) is 0 Å². The maximum Gasteiger partial charge on any atom is 0.0992 e. The Hall–Kier alpha value is -2.16. The van der Waals surface area contributed by atoms with Crippen LogP contribution in [0.1, 0.15) is 22.3 Å². The minimum absolute atomic E-state index is 0.510. The monoisotopic (exact) mass is 319 g/mol. The fourth-order valence-electron chi connectivity index (χ4n) is 3.09. The highest BCUT2D eigenvalue weighted by molar-refractivity contribution is 5.61. The van der Waals surface area contributed by atoms with Crippen molar-refractivity contribution in [1.29, 1.82) is 0 Å². The minimum atomic E-state index is -0.510. The Morgan fingerprint density at radius 1 is 0.792 bits per heavy atom. The van der Waals surface area contributed by atoms with Crippen LogP contribution in [0.25, 0.3) is 12.2 Å². The number of aliphatic hydroxyl groups is 1. The smallest absolute Gasteiger partial charge is 0.0992 e. The molecule has 24 heavy (non-hydrogen) atoms. The van der Waals surface area contributed by atoms with Crippen LogP contribution in [0.4, 0.5) is 0 Å². The van der Waals surface area contributed by atoms with Gasteiger partial charge in [-0.3, -0.25) is 4.90 Å². The quantitative estimate of drug-likeness (QED) is 0.902. The van der Waals surface area contributed by atoms with Crippen molar-refractivity contribution in [2.45, 2.75) is 20.0 Å². The van der Waals surface area contributed by atoms with Gasteiger partial charge >= 0.3 is 0 Å². The molecule has 1 heterocycles. The number of likely N-dealkylation sites (N-methyl/N-ethyl adjacent to an activating group) is 1. The number of rotatable bonds is 2. The zero-order valence-electron chi connectivity index (χ0n) is 14.7. The van der Waals surface area contributed by atoms with E-state index >= 15 is 0 Å². The van der Waals surface area contributed by atoms with Crippen molar-refractivity contribution in [1.82, 2.24) is 4.90 Å².